The molecule has 0 unspecified atom stereocenters. The second kappa shape index (κ2) is 5.44. The SMILES string of the molecule is Fc1ccc(OCc2ccc(Br)cc2F)cc1F. The van der Waals surface area contributed by atoms with Gasteiger partial charge in [0.1, 0.15) is 18.2 Å². The lowest BCUT2D eigenvalue weighted by Crippen LogP contribution is -1.99. The predicted octanol–water partition coefficient (Wildman–Crippen LogP) is 4.45. The van der Waals surface area contributed by atoms with Gasteiger partial charge in [0.25, 0.3) is 0 Å². The van der Waals surface area contributed by atoms with Gasteiger partial charge in [0.2, 0.25) is 0 Å². The number of rotatable bonds is 3. The molecule has 0 atom stereocenters. The van der Waals surface area contributed by atoms with Crippen molar-refractivity contribution in [2.45, 2.75) is 6.61 Å². The van der Waals surface area contributed by atoms with Crippen LogP contribution in [0.15, 0.2) is 40.9 Å². The topological polar surface area (TPSA) is 9.23 Å². The molecule has 0 saturated heterocycles. The summed E-state index contributed by atoms with van der Waals surface area (Å²) < 4.78 is 44.8. The van der Waals surface area contributed by atoms with Crippen molar-refractivity contribution in [2.24, 2.45) is 0 Å². The zero-order valence-corrected chi connectivity index (χ0v) is 10.7. The van der Waals surface area contributed by atoms with Crippen molar-refractivity contribution < 1.29 is 17.9 Å². The van der Waals surface area contributed by atoms with E-state index in [9.17, 15) is 13.2 Å². The van der Waals surface area contributed by atoms with E-state index >= 15 is 0 Å². The maximum atomic E-state index is 13.5. The van der Waals surface area contributed by atoms with Crippen LogP contribution >= 0.6 is 15.9 Å². The van der Waals surface area contributed by atoms with E-state index in [2.05, 4.69) is 15.9 Å². The lowest BCUT2D eigenvalue weighted by atomic mass is 10.2. The molecule has 94 valence electrons. The molecule has 0 bridgehead atoms. The maximum absolute atomic E-state index is 13.5. The highest BCUT2D eigenvalue weighted by Crippen LogP contribution is 2.19. The summed E-state index contributed by atoms with van der Waals surface area (Å²) >= 11 is 3.14. The van der Waals surface area contributed by atoms with Crippen LogP contribution in [0.5, 0.6) is 5.75 Å². The van der Waals surface area contributed by atoms with E-state index in [1.54, 1.807) is 12.1 Å². The van der Waals surface area contributed by atoms with Crippen LogP contribution < -0.4 is 4.74 Å². The molecule has 0 saturated carbocycles. The molecule has 2 rings (SSSR count). The van der Waals surface area contributed by atoms with Crippen molar-refractivity contribution >= 4 is 15.9 Å². The maximum Gasteiger partial charge on any atom is 0.162 e. The van der Waals surface area contributed by atoms with E-state index in [4.69, 9.17) is 4.74 Å². The molecular formula is C13H8BrF3O. The normalized spacial score (nSPS) is 10.4. The van der Waals surface area contributed by atoms with E-state index in [1.807, 2.05) is 0 Å². The predicted molar refractivity (Wildman–Crippen MR) is 64.8 cm³/mol. The summed E-state index contributed by atoms with van der Waals surface area (Å²) in [5, 5.41) is 0. The molecule has 0 spiro atoms. The molecule has 0 aliphatic carbocycles. The number of benzene rings is 2. The zero-order valence-electron chi connectivity index (χ0n) is 9.09. The molecule has 0 N–H and O–H groups in total. The second-order valence-corrected chi connectivity index (χ2v) is 4.52. The monoisotopic (exact) mass is 316 g/mol. The van der Waals surface area contributed by atoms with Crippen LogP contribution in [0.4, 0.5) is 13.2 Å². The molecule has 2 aromatic carbocycles. The van der Waals surface area contributed by atoms with Gasteiger partial charge in [0.05, 0.1) is 0 Å². The lowest BCUT2D eigenvalue weighted by molar-refractivity contribution is 0.297. The Morgan fingerprint density at radius 3 is 2.33 bits per heavy atom. The Labute approximate surface area is 110 Å². The highest BCUT2D eigenvalue weighted by atomic mass is 79.9. The fraction of sp³-hybridized carbons (Fsp3) is 0.0769. The van der Waals surface area contributed by atoms with E-state index in [1.165, 1.54) is 12.1 Å². The Kier molecular flexibility index (Phi) is 3.91. The average Bonchev–Trinajstić information content (AvgIpc) is 2.32. The second-order valence-electron chi connectivity index (χ2n) is 3.60. The van der Waals surface area contributed by atoms with Crippen LogP contribution in [0.25, 0.3) is 0 Å². The first-order valence-electron chi connectivity index (χ1n) is 5.08. The van der Waals surface area contributed by atoms with Gasteiger partial charge in [-0.05, 0) is 24.3 Å². The summed E-state index contributed by atoms with van der Waals surface area (Å²) in [6.07, 6.45) is 0. The quantitative estimate of drug-likeness (QED) is 0.813. The van der Waals surface area contributed by atoms with Crippen molar-refractivity contribution in [3.8, 4) is 5.75 Å². The van der Waals surface area contributed by atoms with Crippen molar-refractivity contribution in [3.05, 3.63) is 63.9 Å². The van der Waals surface area contributed by atoms with Crippen LogP contribution in [0.2, 0.25) is 0 Å². The Balaban J connectivity index is 2.09. The van der Waals surface area contributed by atoms with Gasteiger partial charge in [0, 0.05) is 16.1 Å². The zero-order chi connectivity index (χ0) is 13.1. The fourth-order valence-electron chi connectivity index (χ4n) is 1.37. The highest BCUT2D eigenvalue weighted by molar-refractivity contribution is 9.10. The van der Waals surface area contributed by atoms with Gasteiger partial charge in [-0.25, -0.2) is 13.2 Å². The van der Waals surface area contributed by atoms with Gasteiger partial charge in [-0.2, -0.15) is 0 Å². The smallest absolute Gasteiger partial charge is 0.162 e. The fourth-order valence-corrected chi connectivity index (χ4v) is 1.70. The van der Waals surface area contributed by atoms with Crippen LogP contribution in [-0.2, 0) is 6.61 Å². The minimum atomic E-state index is -0.997. The first-order valence-corrected chi connectivity index (χ1v) is 5.87. The molecule has 0 aromatic heterocycles. The van der Waals surface area contributed by atoms with Crippen molar-refractivity contribution in [3.63, 3.8) is 0 Å². The van der Waals surface area contributed by atoms with E-state index in [0.717, 1.165) is 12.1 Å². The Morgan fingerprint density at radius 2 is 1.67 bits per heavy atom. The number of halogens is 4. The van der Waals surface area contributed by atoms with E-state index in [0.29, 0.717) is 10.0 Å². The van der Waals surface area contributed by atoms with Crippen LogP contribution in [0.3, 0.4) is 0 Å². The minimum absolute atomic E-state index is 0.0514. The Morgan fingerprint density at radius 1 is 0.889 bits per heavy atom. The molecule has 5 heteroatoms. The van der Waals surface area contributed by atoms with Gasteiger partial charge in [0.15, 0.2) is 11.6 Å². The van der Waals surface area contributed by atoms with Crippen LogP contribution in [0.1, 0.15) is 5.56 Å². The summed E-state index contributed by atoms with van der Waals surface area (Å²) in [6, 6.07) is 7.71. The van der Waals surface area contributed by atoms with E-state index in [-0.39, 0.29) is 12.4 Å². The van der Waals surface area contributed by atoms with Gasteiger partial charge in [-0.3, -0.25) is 0 Å². The molecular weight excluding hydrogens is 309 g/mol. The minimum Gasteiger partial charge on any atom is -0.489 e. The summed E-state index contributed by atoms with van der Waals surface area (Å²) in [5.74, 6) is -2.22. The molecule has 0 heterocycles. The van der Waals surface area contributed by atoms with Crippen LogP contribution in [0, 0.1) is 17.5 Å². The first-order chi connectivity index (χ1) is 8.56. The molecule has 0 fully saturated rings. The van der Waals surface area contributed by atoms with E-state index < -0.39 is 17.5 Å². The van der Waals surface area contributed by atoms with Gasteiger partial charge >= 0.3 is 0 Å². The molecule has 2 aromatic rings. The average molecular weight is 317 g/mol. The largest absolute Gasteiger partial charge is 0.489 e. The van der Waals surface area contributed by atoms with Gasteiger partial charge in [-0.15, -0.1) is 0 Å². The van der Waals surface area contributed by atoms with Crippen LogP contribution in [-0.4, -0.2) is 0 Å². The number of hydrogen-bond donors (Lipinski definition) is 0. The standard InChI is InChI=1S/C13H8BrF3O/c14-9-2-1-8(12(16)5-9)7-18-10-3-4-11(15)13(17)6-10/h1-6H,7H2. The van der Waals surface area contributed by atoms with Crippen molar-refractivity contribution in [1.29, 1.82) is 0 Å². The Hall–Kier alpha value is -1.49. The number of ether oxygens (including phenoxy) is 1. The summed E-state index contributed by atoms with van der Waals surface area (Å²) in [4.78, 5) is 0. The number of hydrogen-bond acceptors (Lipinski definition) is 1. The lowest BCUT2D eigenvalue weighted by Gasteiger charge is -2.07. The van der Waals surface area contributed by atoms with Crippen molar-refractivity contribution in [2.75, 3.05) is 0 Å². The van der Waals surface area contributed by atoms with Gasteiger partial charge < -0.3 is 4.74 Å². The highest BCUT2D eigenvalue weighted by Gasteiger charge is 2.06. The molecule has 0 radical (unpaired) electrons. The Bertz CT molecular complexity index is 572. The molecule has 0 amide bonds. The van der Waals surface area contributed by atoms with Crippen molar-refractivity contribution in [1.82, 2.24) is 0 Å². The van der Waals surface area contributed by atoms with Gasteiger partial charge in [-0.1, -0.05) is 22.0 Å². The summed E-state index contributed by atoms with van der Waals surface area (Å²) in [6.45, 7) is -0.0514. The molecule has 0 aliphatic heterocycles. The third-order valence-electron chi connectivity index (χ3n) is 2.30. The molecule has 1 nitrogen and oxygen atoms in total. The third kappa shape index (κ3) is 3.04. The third-order valence-corrected chi connectivity index (χ3v) is 2.79. The molecule has 0 aliphatic rings. The summed E-state index contributed by atoms with van der Waals surface area (Å²) in [7, 11) is 0. The first kappa shape index (κ1) is 13.0. The summed E-state index contributed by atoms with van der Waals surface area (Å²) in [5.41, 5.74) is 0.336. The molecule has 18 heavy (non-hydrogen) atoms.